The van der Waals surface area contributed by atoms with Crippen molar-refractivity contribution in [1.82, 2.24) is 5.32 Å². The van der Waals surface area contributed by atoms with Gasteiger partial charge in [0.2, 0.25) is 5.91 Å². The van der Waals surface area contributed by atoms with Gasteiger partial charge in [0.15, 0.2) is 0 Å². The molecule has 0 saturated heterocycles. The van der Waals surface area contributed by atoms with Crippen LogP contribution in [0, 0.1) is 0 Å². The fraction of sp³-hybridized carbons (Fsp3) is 0.612. The van der Waals surface area contributed by atoms with Gasteiger partial charge in [-0.1, -0.05) is 129 Å². The van der Waals surface area contributed by atoms with Crippen molar-refractivity contribution in [2.45, 2.75) is 154 Å². The highest BCUT2D eigenvalue weighted by Gasteiger charge is 2.31. The van der Waals surface area contributed by atoms with Crippen molar-refractivity contribution < 1.29 is 38.0 Å². The van der Waals surface area contributed by atoms with Crippen LogP contribution in [0.25, 0.3) is 0 Å². The molecule has 0 aromatic carbocycles. The maximum Gasteiger partial charge on any atom is 0.472 e. The number of nitrogens with zero attached hydrogens (tertiary/aromatic N) is 1. The van der Waals surface area contributed by atoms with Crippen LogP contribution in [0.4, 0.5) is 0 Å². The minimum atomic E-state index is -4.44. The van der Waals surface area contributed by atoms with Gasteiger partial charge in [-0.3, -0.25) is 13.8 Å². The molecule has 4 N–H and O–H groups in total. The number of aliphatic hydroxyl groups excluding tert-OH is 2. The first-order chi connectivity index (χ1) is 28.4. The molecule has 10 heteroatoms. The molecule has 59 heavy (non-hydrogen) atoms. The van der Waals surface area contributed by atoms with Gasteiger partial charge in [-0.2, -0.15) is 0 Å². The Bertz CT molecular complexity index is 1340. The van der Waals surface area contributed by atoms with Crippen LogP contribution < -0.4 is 5.32 Å². The molecule has 0 saturated carbocycles. The average molecular weight is 844 g/mol. The van der Waals surface area contributed by atoms with Gasteiger partial charge in [0, 0.05) is 6.42 Å². The van der Waals surface area contributed by atoms with Gasteiger partial charge in [0.25, 0.3) is 0 Å². The van der Waals surface area contributed by atoms with Gasteiger partial charge in [-0.05, 0) is 110 Å². The molecule has 0 aliphatic heterocycles. The van der Waals surface area contributed by atoms with Crippen LogP contribution in [0.2, 0.25) is 0 Å². The lowest BCUT2D eigenvalue weighted by Crippen LogP contribution is -2.51. The number of hydrogen-bond acceptors (Lipinski definition) is 6. The standard InChI is InChI=1S/C49H83N2O7P/c1-6-8-10-12-14-16-18-20-21-22-23-24-25-26-27-28-29-30-32-34-36-38-40-42-48(53)50-46(45-58-59(55,56)57-44-43-51(3,4)5)49(54)47(52)41-39-37-35-33-31-19-17-15-13-11-9-7-2/h7-10,14-17,20-21,23-24,26-27,29-30,33,35,46-47,49,52,54H,6,11-13,18-19,22,25,28,31-32,34,36-45H2,1-5H3,(H-,50,53,55,56)/p+1/b9-7+,10-8-,16-14-,17-15+,21-20-,24-23-,27-26-,30-29-,35-33+. The van der Waals surface area contributed by atoms with Gasteiger partial charge in [0.05, 0.1) is 39.9 Å². The molecular weight excluding hydrogens is 760 g/mol. The Morgan fingerprint density at radius 1 is 0.627 bits per heavy atom. The Morgan fingerprint density at radius 2 is 1.08 bits per heavy atom. The first-order valence-electron chi connectivity index (χ1n) is 22.3. The summed E-state index contributed by atoms with van der Waals surface area (Å²) in [4.78, 5) is 23.2. The van der Waals surface area contributed by atoms with E-state index in [2.05, 4.69) is 122 Å². The molecule has 4 atom stereocenters. The Balaban J connectivity index is 4.58. The van der Waals surface area contributed by atoms with E-state index in [0.29, 0.717) is 30.3 Å². The number of amides is 1. The molecule has 0 bridgehead atoms. The smallest absolute Gasteiger partial charge is 0.390 e. The van der Waals surface area contributed by atoms with Gasteiger partial charge in [-0.25, -0.2) is 4.57 Å². The number of aliphatic hydroxyl groups is 2. The van der Waals surface area contributed by atoms with E-state index in [9.17, 15) is 24.5 Å². The SMILES string of the molecule is C/C=C/CC/C=C/CC/C=C/CCCC(O)C(O)C(COP(=O)(O)OCC[N+](C)(C)C)NC(=O)CCCCCC/C=C\C/C=C\C/C=C\C/C=C\C/C=C\C/C=C\CC. The number of likely N-dealkylation sites (N-methyl/N-ethyl adjacent to an activating group) is 1. The highest BCUT2D eigenvalue weighted by Crippen LogP contribution is 2.43. The summed E-state index contributed by atoms with van der Waals surface area (Å²) in [6.45, 7) is 4.18. The predicted molar refractivity (Wildman–Crippen MR) is 250 cm³/mol. The maximum atomic E-state index is 12.9. The summed E-state index contributed by atoms with van der Waals surface area (Å²) in [5.41, 5.74) is 0. The normalized spacial score (nSPS) is 15.9. The van der Waals surface area contributed by atoms with E-state index < -0.39 is 32.7 Å². The second-order valence-corrected chi connectivity index (χ2v) is 17.3. The molecule has 0 aromatic rings. The van der Waals surface area contributed by atoms with E-state index >= 15 is 0 Å². The minimum Gasteiger partial charge on any atom is -0.390 e. The number of allylic oxidation sites excluding steroid dienone is 18. The third kappa shape index (κ3) is 40.3. The molecule has 0 rings (SSSR count). The number of quaternary nitrogens is 1. The summed E-state index contributed by atoms with van der Waals surface area (Å²) in [6.07, 6.45) is 53.1. The zero-order chi connectivity index (χ0) is 43.7. The van der Waals surface area contributed by atoms with E-state index in [1.54, 1.807) is 0 Å². The molecule has 1 amide bonds. The van der Waals surface area contributed by atoms with E-state index in [0.717, 1.165) is 96.3 Å². The van der Waals surface area contributed by atoms with E-state index in [4.69, 9.17) is 9.05 Å². The fourth-order valence-electron chi connectivity index (χ4n) is 5.59. The number of phosphoric ester groups is 1. The maximum absolute atomic E-state index is 12.9. The number of nitrogens with one attached hydrogen (secondary N) is 1. The summed E-state index contributed by atoms with van der Waals surface area (Å²) in [7, 11) is 1.36. The molecule has 9 nitrogen and oxygen atoms in total. The number of hydrogen-bond donors (Lipinski definition) is 4. The Hall–Kier alpha value is -2.88. The average Bonchev–Trinajstić information content (AvgIpc) is 3.19. The van der Waals surface area contributed by atoms with Crippen molar-refractivity contribution in [3.63, 3.8) is 0 Å². The van der Waals surface area contributed by atoms with Crippen LogP contribution in [0.15, 0.2) is 109 Å². The van der Waals surface area contributed by atoms with Crippen LogP contribution in [0.3, 0.4) is 0 Å². The lowest BCUT2D eigenvalue weighted by Gasteiger charge is -2.28. The molecule has 0 fully saturated rings. The zero-order valence-electron chi connectivity index (χ0n) is 37.5. The second-order valence-electron chi connectivity index (χ2n) is 15.8. The predicted octanol–water partition coefficient (Wildman–Crippen LogP) is 11.5. The second kappa shape index (κ2) is 39.3. The molecule has 0 aliphatic carbocycles. The van der Waals surface area contributed by atoms with Crippen molar-refractivity contribution in [2.75, 3.05) is 40.9 Å². The Morgan fingerprint density at radius 3 is 1.61 bits per heavy atom. The Labute approximate surface area is 360 Å². The van der Waals surface area contributed by atoms with Crippen molar-refractivity contribution in [2.24, 2.45) is 0 Å². The summed E-state index contributed by atoms with van der Waals surface area (Å²) >= 11 is 0. The molecule has 0 aromatic heterocycles. The van der Waals surface area contributed by atoms with Crippen molar-refractivity contribution in [3.8, 4) is 0 Å². The number of carbonyl (C=O) groups is 1. The van der Waals surface area contributed by atoms with E-state index in [1.807, 2.05) is 28.1 Å². The zero-order valence-corrected chi connectivity index (χ0v) is 38.4. The first kappa shape index (κ1) is 56.1. The molecule has 336 valence electrons. The highest BCUT2D eigenvalue weighted by atomic mass is 31.2. The number of rotatable bonds is 38. The highest BCUT2D eigenvalue weighted by molar-refractivity contribution is 7.47. The van der Waals surface area contributed by atoms with Crippen LogP contribution in [-0.2, 0) is 18.4 Å². The monoisotopic (exact) mass is 844 g/mol. The summed E-state index contributed by atoms with van der Waals surface area (Å²) in [6, 6.07) is -1.08. The molecule has 0 spiro atoms. The van der Waals surface area contributed by atoms with E-state index in [-0.39, 0.29) is 18.9 Å². The first-order valence-corrected chi connectivity index (χ1v) is 23.8. The lowest BCUT2D eigenvalue weighted by molar-refractivity contribution is -0.870. The summed E-state index contributed by atoms with van der Waals surface area (Å²) in [5, 5.41) is 24.6. The topological polar surface area (TPSA) is 125 Å². The van der Waals surface area contributed by atoms with Crippen LogP contribution in [0.5, 0.6) is 0 Å². The fourth-order valence-corrected chi connectivity index (χ4v) is 6.33. The van der Waals surface area contributed by atoms with Gasteiger partial charge in [-0.15, -0.1) is 0 Å². The largest absolute Gasteiger partial charge is 0.472 e. The quantitative estimate of drug-likeness (QED) is 0.0211. The molecule has 0 heterocycles. The Kier molecular flexibility index (Phi) is 37.4. The van der Waals surface area contributed by atoms with Crippen LogP contribution in [0.1, 0.15) is 136 Å². The van der Waals surface area contributed by atoms with Crippen LogP contribution >= 0.6 is 7.82 Å². The van der Waals surface area contributed by atoms with Crippen molar-refractivity contribution >= 4 is 13.7 Å². The van der Waals surface area contributed by atoms with Gasteiger partial charge < -0.3 is 24.9 Å². The van der Waals surface area contributed by atoms with Crippen molar-refractivity contribution in [3.05, 3.63) is 109 Å². The van der Waals surface area contributed by atoms with Crippen LogP contribution in [-0.4, -0.2) is 84.6 Å². The third-order valence-electron chi connectivity index (χ3n) is 9.15. The number of carbonyl (C=O) groups excluding carboxylic acids is 1. The summed E-state index contributed by atoms with van der Waals surface area (Å²) < 4.78 is 23.4. The van der Waals surface area contributed by atoms with Crippen molar-refractivity contribution in [1.29, 1.82) is 0 Å². The number of unbranched alkanes of at least 4 members (excludes halogenated alkanes) is 7. The van der Waals surface area contributed by atoms with Gasteiger partial charge in [0.1, 0.15) is 19.3 Å². The lowest BCUT2D eigenvalue weighted by atomic mass is 10.0. The molecule has 0 aliphatic rings. The summed E-state index contributed by atoms with van der Waals surface area (Å²) in [5.74, 6) is -0.306. The molecular formula is C49H84N2O7P+. The molecule has 4 unspecified atom stereocenters. The minimum absolute atomic E-state index is 0.0000640. The van der Waals surface area contributed by atoms with Gasteiger partial charge >= 0.3 is 7.82 Å². The molecule has 0 radical (unpaired) electrons. The van der Waals surface area contributed by atoms with E-state index in [1.165, 1.54) is 0 Å². The number of phosphoric acid groups is 1. The third-order valence-corrected chi connectivity index (χ3v) is 10.1.